The fourth-order valence-electron chi connectivity index (χ4n) is 4.33. The Labute approximate surface area is 198 Å². The van der Waals surface area contributed by atoms with Gasteiger partial charge >= 0.3 is 0 Å². The van der Waals surface area contributed by atoms with Gasteiger partial charge in [-0.15, -0.1) is 0 Å². The van der Waals surface area contributed by atoms with E-state index in [1.807, 2.05) is 29.8 Å². The molecule has 5 rings (SSSR count). The van der Waals surface area contributed by atoms with Gasteiger partial charge in [-0.1, -0.05) is 11.2 Å². The summed E-state index contributed by atoms with van der Waals surface area (Å²) in [7, 11) is 1.67. The highest BCUT2D eigenvalue weighted by Gasteiger charge is 2.32. The molecule has 0 saturated carbocycles. The molecule has 7 nitrogen and oxygen atoms in total. The molecule has 2 aliphatic heterocycles. The van der Waals surface area contributed by atoms with Crippen LogP contribution in [0.4, 0.5) is 4.39 Å². The molecule has 0 bridgehead atoms. The van der Waals surface area contributed by atoms with Crippen molar-refractivity contribution in [3.8, 4) is 17.2 Å². The Bertz CT molecular complexity index is 1220. The minimum atomic E-state index is -0.279. The van der Waals surface area contributed by atoms with Crippen LogP contribution < -0.4 is 9.47 Å². The van der Waals surface area contributed by atoms with Gasteiger partial charge in [-0.3, -0.25) is 0 Å². The van der Waals surface area contributed by atoms with E-state index in [2.05, 4.69) is 27.2 Å². The highest BCUT2D eigenvalue weighted by Crippen LogP contribution is 2.29. The standard InChI is InChI=1S/C26H27FN4O3/c1-18-14-30(17-28-18)24-10-5-19(13-25(24)32-2)12-20-4-3-11-31-22(16-34-29-26(20)31)15-33-23-8-6-21(27)7-9-23/h5-10,12-14,17,22H,3-4,11,15-16H2,1-2H3/b20-12+/t22-/m0/s1. The largest absolute Gasteiger partial charge is 0.495 e. The number of benzene rings is 2. The van der Waals surface area contributed by atoms with Gasteiger partial charge in [-0.05, 0) is 73.4 Å². The van der Waals surface area contributed by atoms with Crippen molar-refractivity contribution in [1.82, 2.24) is 14.5 Å². The first-order chi connectivity index (χ1) is 16.6. The van der Waals surface area contributed by atoms with Crippen LogP contribution in [0.25, 0.3) is 11.8 Å². The number of rotatable bonds is 6. The summed E-state index contributed by atoms with van der Waals surface area (Å²) in [5.74, 6) is 1.97. The summed E-state index contributed by atoms with van der Waals surface area (Å²) in [5.41, 5.74) is 4.03. The van der Waals surface area contributed by atoms with Crippen LogP contribution in [0.15, 0.2) is 65.7 Å². The Morgan fingerprint density at radius 1 is 1.21 bits per heavy atom. The second kappa shape index (κ2) is 9.59. The first-order valence-electron chi connectivity index (χ1n) is 11.4. The molecule has 0 unspecified atom stereocenters. The van der Waals surface area contributed by atoms with E-state index >= 15 is 0 Å². The summed E-state index contributed by atoms with van der Waals surface area (Å²) >= 11 is 0. The van der Waals surface area contributed by atoms with E-state index in [0.29, 0.717) is 19.0 Å². The molecule has 1 saturated heterocycles. The predicted octanol–water partition coefficient (Wildman–Crippen LogP) is 4.60. The van der Waals surface area contributed by atoms with Gasteiger partial charge in [0.15, 0.2) is 5.84 Å². The lowest BCUT2D eigenvalue weighted by Crippen LogP contribution is -2.51. The molecule has 3 heterocycles. The number of nitrogens with zero attached hydrogens (tertiary/aromatic N) is 4. The number of aryl methyl sites for hydroxylation is 1. The minimum absolute atomic E-state index is 0.0302. The Morgan fingerprint density at radius 3 is 2.82 bits per heavy atom. The zero-order valence-electron chi connectivity index (χ0n) is 19.3. The summed E-state index contributed by atoms with van der Waals surface area (Å²) in [6.07, 6.45) is 7.82. The summed E-state index contributed by atoms with van der Waals surface area (Å²) < 4.78 is 26.7. The maximum atomic E-state index is 13.2. The first kappa shape index (κ1) is 22.0. The van der Waals surface area contributed by atoms with Crippen LogP contribution in [0, 0.1) is 12.7 Å². The molecule has 0 spiro atoms. The van der Waals surface area contributed by atoms with E-state index in [9.17, 15) is 4.39 Å². The monoisotopic (exact) mass is 462 g/mol. The van der Waals surface area contributed by atoms with Gasteiger partial charge in [0, 0.05) is 12.7 Å². The number of amidine groups is 1. The predicted molar refractivity (Wildman–Crippen MR) is 128 cm³/mol. The number of hydrogen-bond acceptors (Lipinski definition) is 6. The molecule has 2 aliphatic rings. The van der Waals surface area contributed by atoms with Crippen molar-refractivity contribution in [1.29, 1.82) is 0 Å². The molecular weight excluding hydrogens is 435 g/mol. The van der Waals surface area contributed by atoms with E-state index in [-0.39, 0.29) is 11.9 Å². The molecule has 2 aromatic carbocycles. The summed E-state index contributed by atoms with van der Waals surface area (Å²) in [5, 5.41) is 4.38. The Morgan fingerprint density at radius 2 is 2.06 bits per heavy atom. The van der Waals surface area contributed by atoms with Crippen LogP contribution >= 0.6 is 0 Å². The van der Waals surface area contributed by atoms with Crippen molar-refractivity contribution in [2.24, 2.45) is 5.16 Å². The maximum Gasteiger partial charge on any atom is 0.171 e. The molecular formula is C26H27FN4O3. The van der Waals surface area contributed by atoms with Crippen molar-refractivity contribution in [3.63, 3.8) is 0 Å². The number of fused-ring (bicyclic) bond motifs is 1. The van der Waals surface area contributed by atoms with E-state index in [4.69, 9.17) is 14.3 Å². The molecule has 1 atom stereocenters. The Balaban J connectivity index is 1.34. The lowest BCUT2D eigenvalue weighted by Gasteiger charge is -2.39. The highest BCUT2D eigenvalue weighted by molar-refractivity contribution is 6.02. The third-order valence-corrected chi connectivity index (χ3v) is 6.05. The zero-order valence-corrected chi connectivity index (χ0v) is 19.3. The molecule has 176 valence electrons. The van der Waals surface area contributed by atoms with Gasteiger partial charge in [0.05, 0.1) is 24.8 Å². The molecule has 8 heteroatoms. The van der Waals surface area contributed by atoms with Crippen molar-refractivity contribution in [2.75, 3.05) is 26.9 Å². The Kier molecular flexibility index (Phi) is 6.20. The van der Waals surface area contributed by atoms with E-state index in [1.54, 1.807) is 25.6 Å². The number of imidazole rings is 1. The molecule has 34 heavy (non-hydrogen) atoms. The average molecular weight is 463 g/mol. The number of aromatic nitrogens is 2. The van der Waals surface area contributed by atoms with Crippen molar-refractivity contribution in [2.45, 2.75) is 25.8 Å². The lowest BCUT2D eigenvalue weighted by atomic mass is 9.98. The SMILES string of the molecule is COc1cc(/C=C2\CCCN3C2=NOC[C@@H]3COc2ccc(F)cc2)ccc1-n1cnc(C)c1. The normalized spacial score (nSPS) is 18.8. The van der Waals surface area contributed by atoms with Crippen molar-refractivity contribution in [3.05, 3.63) is 77.6 Å². The number of oxime groups is 1. The highest BCUT2D eigenvalue weighted by atomic mass is 19.1. The van der Waals surface area contributed by atoms with Gasteiger partial charge < -0.3 is 23.8 Å². The van der Waals surface area contributed by atoms with E-state index in [0.717, 1.165) is 53.5 Å². The summed E-state index contributed by atoms with van der Waals surface area (Å²) in [6.45, 7) is 3.73. The molecule has 3 aromatic rings. The lowest BCUT2D eigenvalue weighted by molar-refractivity contribution is 0.0373. The molecule has 1 fully saturated rings. The van der Waals surface area contributed by atoms with E-state index < -0.39 is 0 Å². The van der Waals surface area contributed by atoms with Crippen LogP contribution in [-0.4, -0.2) is 53.2 Å². The van der Waals surface area contributed by atoms with Crippen LogP contribution in [0.5, 0.6) is 11.5 Å². The molecule has 0 aliphatic carbocycles. The van der Waals surface area contributed by atoms with Gasteiger partial charge in [0.2, 0.25) is 0 Å². The van der Waals surface area contributed by atoms with Crippen molar-refractivity contribution >= 4 is 11.9 Å². The number of methoxy groups -OCH3 is 1. The maximum absolute atomic E-state index is 13.2. The van der Waals surface area contributed by atoms with Crippen LogP contribution in [0.2, 0.25) is 0 Å². The fraction of sp³-hybridized carbons (Fsp3) is 0.308. The third kappa shape index (κ3) is 4.62. The van der Waals surface area contributed by atoms with Gasteiger partial charge in [-0.2, -0.15) is 0 Å². The smallest absolute Gasteiger partial charge is 0.171 e. The van der Waals surface area contributed by atoms with Gasteiger partial charge in [0.25, 0.3) is 0 Å². The quantitative estimate of drug-likeness (QED) is 0.536. The number of ether oxygens (including phenoxy) is 2. The fourth-order valence-corrected chi connectivity index (χ4v) is 4.33. The summed E-state index contributed by atoms with van der Waals surface area (Å²) in [4.78, 5) is 12.1. The topological polar surface area (TPSA) is 61.1 Å². The van der Waals surface area contributed by atoms with Crippen LogP contribution in [0.3, 0.4) is 0 Å². The number of halogens is 1. The van der Waals surface area contributed by atoms with Crippen molar-refractivity contribution < 1.29 is 18.7 Å². The first-order valence-corrected chi connectivity index (χ1v) is 11.4. The summed E-state index contributed by atoms with van der Waals surface area (Å²) in [6, 6.07) is 12.2. The minimum Gasteiger partial charge on any atom is -0.495 e. The Hall–Kier alpha value is -3.81. The van der Waals surface area contributed by atoms with E-state index in [1.165, 1.54) is 12.1 Å². The zero-order chi connectivity index (χ0) is 23.5. The number of hydrogen-bond donors (Lipinski definition) is 0. The third-order valence-electron chi connectivity index (χ3n) is 6.05. The van der Waals surface area contributed by atoms with Crippen LogP contribution in [-0.2, 0) is 4.84 Å². The molecule has 0 radical (unpaired) electrons. The molecule has 1 aromatic heterocycles. The number of piperidine rings is 1. The second-order valence-corrected chi connectivity index (χ2v) is 8.45. The van der Waals surface area contributed by atoms with Gasteiger partial charge in [-0.25, -0.2) is 9.37 Å². The van der Waals surface area contributed by atoms with Gasteiger partial charge in [0.1, 0.15) is 36.6 Å². The average Bonchev–Trinajstić information content (AvgIpc) is 3.30. The second-order valence-electron chi connectivity index (χ2n) is 8.45. The molecule has 0 amide bonds. The van der Waals surface area contributed by atoms with Crippen LogP contribution in [0.1, 0.15) is 24.1 Å². The molecule has 0 N–H and O–H groups in total.